The highest BCUT2D eigenvalue weighted by molar-refractivity contribution is 7.86. The molecule has 0 fully saturated rings. The Labute approximate surface area is 137 Å². The number of hydrogen-bond donors (Lipinski definition) is 4. The molecule has 0 aromatic heterocycles. The van der Waals surface area contributed by atoms with Crippen molar-refractivity contribution in [3.05, 3.63) is 22.7 Å². The maximum Gasteiger partial charge on any atom is 0.320 e. The van der Waals surface area contributed by atoms with Crippen LogP contribution in [0, 0.1) is 0 Å². The quantitative estimate of drug-likeness (QED) is 0.497. The van der Waals surface area contributed by atoms with Gasteiger partial charge in [-0.1, -0.05) is 11.6 Å². The van der Waals surface area contributed by atoms with E-state index in [0.717, 1.165) is 6.07 Å². The number of carboxylic acid groups (broad SMARTS) is 1. The Bertz CT molecular complexity index is 717. The molecule has 10 heteroatoms. The van der Waals surface area contributed by atoms with Crippen LogP contribution in [-0.4, -0.2) is 48.0 Å². The molecule has 8 nitrogen and oxygen atoms in total. The van der Waals surface area contributed by atoms with Gasteiger partial charge in [-0.15, -0.1) is 0 Å². The van der Waals surface area contributed by atoms with Crippen molar-refractivity contribution in [3.63, 3.8) is 0 Å². The Hall–Kier alpha value is -1.68. The SMILES string of the molecule is CN[C@@H](CCC(=O)Cc1cc(Cl)cc(S(=O)(=O)O)c1O)C(=O)O. The molecule has 23 heavy (non-hydrogen) atoms. The summed E-state index contributed by atoms with van der Waals surface area (Å²) < 4.78 is 31.3. The van der Waals surface area contributed by atoms with Crippen LogP contribution in [-0.2, 0) is 26.1 Å². The molecule has 4 N–H and O–H groups in total. The van der Waals surface area contributed by atoms with Gasteiger partial charge in [0.2, 0.25) is 0 Å². The number of carboxylic acids is 1. The molecule has 1 aromatic rings. The van der Waals surface area contributed by atoms with Gasteiger partial charge in [-0.3, -0.25) is 14.1 Å². The van der Waals surface area contributed by atoms with Crippen LogP contribution in [0.15, 0.2) is 17.0 Å². The predicted molar refractivity (Wildman–Crippen MR) is 81.4 cm³/mol. The lowest BCUT2D eigenvalue weighted by Crippen LogP contribution is -2.34. The Morgan fingerprint density at radius 2 is 1.96 bits per heavy atom. The van der Waals surface area contributed by atoms with Gasteiger partial charge in [0.15, 0.2) is 0 Å². The number of carbonyl (C=O) groups is 2. The van der Waals surface area contributed by atoms with Crippen LogP contribution in [0.25, 0.3) is 0 Å². The summed E-state index contributed by atoms with van der Waals surface area (Å²) in [5.74, 6) is -2.27. The number of benzene rings is 1. The van der Waals surface area contributed by atoms with Gasteiger partial charge >= 0.3 is 5.97 Å². The topological polar surface area (TPSA) is 141 Å². The molecule has 0 aliphatic rings. The van der Waals surface area contributed by atoms with E-state index in [-0.39, 0.29) is 29.8 Å². The smallest absolute Gasteiger partial charge is 0.320 e. The van der Waals surface area contributed by atoms with E-state index in [4.69, 9.17) is 21.3 Å². The van der Waals surface area contributed by atoms with Crippen molar-refractivity contribution in [1.82, 2.24) is 5.32 Å². The Morgan fingerprint density at radius 1 is 1.35 bits per heavy atom. The summed E-state index contributed by atoms with van der Waals surface area (Å²) in [6.07, 6.45) is -0.396. The van der Waals surface area contributed by atoms with Crippen LogP contribution in [0.3, 0.4) is 0 Å². The highest BCUT2D eigenvalue weighted by Crippen LogP contribution is 2.31. The number of Topliss-reactive ketones (excluding diaryl/α,β-unsaturated/α-hetero) is 1. The maximum absolute atomic E-state index is 11.9. The van der Waals surface area contributed by atoms with Gasteiger partial charge < -0.3 is 15.5 Å². The van der Waals surface area contributed by atoms with Crippen molar-refractivity contribution >= 4 is 33.5 Å². The van der Waals surface area contributed by atoms with Crippen molar-refractivity contribution < 1.29 is 32.8 Å². The van der Waals surface area contributed by atoms with Crippen molar-refractivity contribution in [1.29, 1.82) is 0 Å². The molecule has 0 amide bonds. The first-order valence-electron chi connectivity index (χ1n) is 6.47. The lowest BCUT2D eigenvalue weighted by Gasteiger charge is -2.11. The number of hydrogen-bond acceptors (Lipinski definition) is 6. The summed E-state index contributed by atoms with van der Waals surface area (Å²) in [6.45, 7) is 0. The third-order valence-electron chi connectivity index (χ3n) is 3.14. The second kappa shape index (κ2) is 7.73. The van der Waals surface area contributed by atoms with Crippen LogP contribution >= 0.6 is 11.6 Å². The van der Waals surface area contributed by atoms with Crippen LogP contribution in [0.2, 0.25) is 5.02 Å². The summed E-state index contributed by atoms with van der Waals surface area (Å²) >= 11 is 5.72. The number of rotatable bonds is 8. The van der Waals surface area contributed by atoms with E-state index in [9.17, 15) is 23.1 Å². The highest BCUT2D eigenvalue weighted by Gasteiger charge is 2.22. The molecule has 0 saturated carbocycles. The molecule has 0 radical (unpaired) electrons. The highest BCUT2D eigenvalue weighted by atomic mass is 35.5. The number of nitrogens with one attached hydrogen (secondary N) is 1. The van der Waals surface area contributed by atoms with Crippen LogP contribution in [0.5, 0.6) is 5.75 Å². The first-order valence-corrected chi connectivity index (χ1v) is 8.28. The molecule has 1 rings (SSSR count). The number of aliphatic carboxylic acids is 1. The van der Waals surface area contributed by atoms with Crippen molar-refractivity contribution in [2.45, 2.75) is 30.2 Å². The van der Waals surface area contributed by atoms with E-state index in [1.807, 2.05) is 0 Å². The molecular formula is C13H16ClNO7S. The summed E-state index contributed by atoms with van der Waals surface area (Å²) in [4.78, 5) is 21.9. The molecule has 0 unspecified atom stereocenters. The average Bonchev–Trinajstić information content (AvgIpc) is 2.41. The van der Waals surface area contributed by atoms with E-state index >= 15 is 0 Å². The minimum Gasteiger partial charge on any atom is -0.506 e. The minimum atomic E-state index is -4.69. The number of phenols is 1. The molecule has 0 aliphatic heterocycles. The molecule has 1 aromatic carbocycles. The van der Waals surface area contributed by atoms with Crippen LogP contribution in [0.1, 0.15) is 18.4 Å². The van der Waals surface area contributed by atoms with E-state index in [1.54, 1.807) is 0 Å². The zero-order valence-corrected chi connectivity index (χ0v) is 13.7. The molecule has 1 atom stereocenters. The van der Waals surface area contributed by atoms with E-state index in [1.165, 1.54) is 13.1 Å². The number of halogens is 1. The second-order valence-electron chi connectivity index (χ2n) is 4.82. The number of ketones is 1. The predicted octanol–water partition coefficient (Wildman–Crippen LogP) is 0.857. The molecule has 0 bridgehead atoms. The summed E-state index contributed by atoms with van der Waals surface area (Å²) in [5, 5.41) is 21.2. The van der Waals surface area contributed by atoms with Crippen molar-refractivity contribution in [2.75, 3.05) is 7.05 Å². The second-order valence-corrected chi connectivity index (χ2v) is 6.65. The molecule has 0 saturated heterocycles. The van der Waals surface area contributed by atoms with E-state index in [0.29, 0.717) is 0 Å². The number of carbonyl (C=O) groups excluding carboxylic acids is 1. The van der Waals surface area contributed by atoms with Crippen LogP contribution in [0.4, 0.5) is 0 Å². The van der Waals surface area contributed by atoms with Gasteiger partial charge in [0, 0.05) is 23.4 Å². The standard InChI is InChI=1S/C13H16ClNO7S/c1-15-10(13(18)19)3-2-9(16)5-7-4-8(14)6-11(12(7)17)23(20,21)22/h4,6,10,15,17H,2-3,5H2,1H3,(H,18,19)(H,20,21,22)/t10-/m0/s1. The molecule has 0 aliphatic carbocycles. The average molecular weight is 366 g/mol. The minimum absolute atomic E-state index is 0.0388. The zero-order valence-electron chi connectivity index (χ0n) is 12.1. The van der Waals surface area contributed by atoms with Gasteiger partial charge in [0.25, 0.3) is 10.1 Å². The number of likely N-dealkylation sites (N-methyl/N-ethyl adjacent to an activating group) is 1. The summed E-state index contributed by atoms with van der Waals surface area (Å²) in [6, 6.07) is 1.18. The molecule has 0 spiro atoms. The van der Waals surface area contributed by atoms with E-state index in [2.05, 4.69) is 5.32 Å². The summed E-state index contributed by atoms with van der Waals surface area (Å²) in [7, 11) is -3.24. The third kappa shape index (κ3) is 5.47. The Morgan fingerprint density at radius 3 is 2.43 bits per heavy atom. The fourth-order valence-electron chi connectivity index (χ4n) is 1.96. The largest absolute Gasteiger partial charge is 0.506 e. The fourth-order valence-corrected chi connectivity index (χ4v) is 2.91. The Kier molecular flexibility index (Phi) is 6.51. The van der Waals surface area contributed by atoms with Crippen LogP contribution < -0.4 is 5.32 Å². The van der Waals surface area contributed by atoms with Gasteiger partial charge in [0.05, 0.1) is 0 Å². The number of aromatic hydroxyl groups is 1. The lowest BCUT2D eigenvalue weighted by molar-refractivity contribution is -0.139. The monoisotopic (exact) mass is 365 g/mol. The normalized spacial score (nSPS) is 12.8. The Balaban J connectivity index is 2.91. The lowest BCUT2D eigenvalue weighted by atomic mass is 10.0. The molecule has 0 heterocycles. The molecular weight excluding hydrogens is 350 g/mol. The van der Waals surface area contributed by atoms with E-state index < -0.39 is 38.6 Å². The molecule has 128 valence electrons. The summed E-state index contributed by atoms with van der Waals surface area (Å²) in [5.41, 5.74) is -0.0635. The van der Waals surface area contributed by atoms with Crippen molar-refractivity contribution in [3.8, 4) is 5.75 Å². The number of phenolic OH excluding ortho intramolecular Hbond substituents is 1. The fraction of sp³-hybridized carbons (Fsp3) is 0.385. The van der Waals surface area contributed by atoms with Gasteiger partial charge in [-0.2, -0.15) is 8.42 Å². The van der Waals surface area contributed by atoms with Gasteiger partial charge in [-0.05, 0) is 25.6 Å². The van der Waals surface area contributed by atoms with Crippen molar-refractivity contribution in [2.24, 2.45) is 0 Å². The zero-order chi connectivity index (χ0) is 17.8. The van der Waals surface area contributed by atoms with Gasteiger partial charge in [0.1, 0.15) is 22.5 Å². The van der Waals surface area contributed by atoms with Gasteiger partial charge in [-0.25, -0.2) is 0 Å². The maximum atomic E-state index is 11.9. The third-order valence-corrected chi connectivity index (χ3v) is 4.23. The first kappa shape index (κ1) is 19.4. The first-order chi connectivity index (χ1) is 10.6.